The largest absolute Gasteiger partial charge is 0.490 e. The number of likely N-dealkylation sites (tertiary alicyclic amines) is 1. The maximum atomic E-state index is 11.2. The molecule has 0 spiro atoms. The number of carbonyl (C=O) groups is 1. The minimum atomic E-state index is -0.915. The quantitative estimate of drug-likeness (QED) is 0.226. The number of thioether (sulfide) groups is 1. The minimum Gasteiger partial charge on any atom is -0.490 e. The number of carboxylic acid groups (broad SMARTS) is 1. The van der Waals surface area contributed by atoms with Gasteiger partial charge in [0.15, 0.2) is 5.75 Å². The molecule has 1 N–H and O–H groups in total. The van der Waals surface area contributed by atoms with Gasteiger partial charge in [-0.05, 0) is 68.6 Å². The molecule has 4 rings (SSSR count). The maximum absolute atomic E-state index is 11.2. The van der Waals surface area contributed by atoms with E-state index in [0.717, 1.165) is 48.3 Å². The molecular weight excluding hydrogens is 655 g/mol. The highest BCUT2D eigenvalue weighted by Crippen LogP contribution is 2.48. The third kappa shape index (κ3) is 5.67. The van der Waals surface area contributed by atoms with Gasteiger partial charge in [-0.2, -0.15) is 0 Å². The summed E-state index contributed by atoms with van der Waals surface area (Å²) in [4.78, 5) is 17.5. The van der Waals surface area contributed by atoms with Crippen LogP contribution in [0.4, 0.5) is 4.79 Å². The van der Waals surface area contributed by atoms with Gasteiger partial charge in [-0.1, -0.05) is 52.0 Å². The number of pyridine rings is 1. The van der Waals surface area contributed by atoms with Gasteiger partial charge in [0.2, 0.25) is 0 Å². The van der Waals surface area contributed by atoms with Crippen molar-refractivity contribution in [1.29, 1.82) is 0 Å². The zero-order valence-electron chi connectivity index (χ0n) is 21.0. The van der Waals surface area contributed by atoms with Gasteiger partial charge in [0, 0.05) is 20.4 Å². The van der Waals surface area contributed by atoms with E-state index in [4.69, 9.17) is 14.5 Å². The van der Waals surface area contributed by atoms with E-state index in [0.29, 0.717) is 25.4 Å². The number of aromatic nitrogens is 1. The van der Waals surface area contributed by atoms with Crippen LogP contribution in [0, 0.1) is 14.4 Å². The highest BCUT2D eigenvalue weighted by molar-refractivity contribution is 14.1. The predicted molar refractivity (Wildman–Crippen MR) is 157 cm³/mol. The number of hydrogen-bond donors (Lipinski definition) is 1. The van der Waals surface area contributed by atoms with Crippen molar-refractivity contribution >= 4 is 67.3 Å². The van der Waals surface area contributed by atoms with Crippen molar-refractivity contribution in [2.75, 3.05) is 25.4 Å². The van der Waals surface area contributed by atoms with Gasteiger partial charge in [0.25, 0.3) is 0 Å². The molecule has 1 aliphatic carbocycles. The average molecular weight is 687 g/mol. The number of fused-ring (bicyclic) bond motifs is 1. The Morgan fingerprint density at radius 3 is 2.69 bits per heavy atom. The van der Waals surface area contributed by atoms with Crippen LogP contribution in [0.15, 0.2) is 45.9 Å². The number of allylic oxidation sites excluding steroid dienone is 4. The second-order valence-corrected chi connectivity index (χ2v) is 13.5. The van der Waals surface area contributed by atoms with E-state index in [1.807, 2.05) is 6.07 Å². The summed E-state index contributed by atoms with van der Waals surface area (Å²) in [5, 5.41) is 10.9. The lowest BCUT2D eigenvalue weighted by Crippen LogP contribution is -2.55. The van der Waals surface area contributed by atoms with Gasteiger partial charge in [-0.25, -0.2) is 9.78 Å². The zero-order valence-corrected chi connectivity index (χ0v) is 25.6. The van der Waals surface area contributed by atoms with Gasteiger partial charge >= 0.3 is 6.09 Å². The lowest BCUT2D eigenvalue weighted by atomic mass is 9.62. The molecule has 2 heterocycles. The molecule has 0 unspecified atom stereocenters. The molecule has 6 nitrogen and oxygen atoms in total. The molecule has 2 aromatic rings. The summed E-state index contributed by atoms with van der Waals surface area (Å²) < 4.78 is 14.7. The summed E-state index contributed by atoms with van der Waals surface area (Å²) in [7, 11) is 0. The molecule has 1 saturated heterocycles. The summed E-state index contributed by atoms with van der Waals surface area (Å²) in [6.07, 6.45) is 9.63. The van der Waals surface area contributed by atoms with Crippen LogP contribution in [0.5, 0.6) is 11.5 Å². The highest BCUT2D eigenvalue weighted by Gasteiger charge is 2.39. The molecule has 1 fully saturated rings. The standard InChI is InChI=1S/C27H32BrIN2O4S/c1-5-36-21-14-20(35-17-15-31(16-17)25(32)33)18-13-19(29)22(28)24(23(18)30-21)34-12-11-27(26(2,3)4)9-7-6-8-10-27/h6-9,13-14,17H,5,10-12,15-16H2,1-4H3,(H,32,33)/t27-/m0/s1. The van der Waals surface area contributed by atoms with Crippen LogP contribution in [0.2, 0.25) is 0 Å². The SMILES string of the molecule is CCSc1cc(OC2CN(C(=O)O)C2)c2cc(I)c(Br)c(OCC[C@]3(C(C)(C)C)C=CC=CC3)c2n1. The van der Waals surface area contributed by atoms with Gasteiger partial charge in [-0.3, -0.25) is 0 Å². The summed E-state index contributed by atoms with van der Waals surface area (Å²) in [5.41, 5.74) is 0.879. The van der Waals surface area contributed by atoms with E-state index in [-0.39, 0.29) is 16.9 Å². The summed E-state index contributed by atoms with van der Waals surface area (Å²) in [6.45, 7) is 10.2. The van der Waals surface area contributed by atoms with Crippen molar-refractivity contribution in [3.63, 3.8) is 0 Å². The predicted octanol–water partition coefficient (Wildman–Crippen LogP) is 7.77. The normalized spacial score (nSPS) is 20.0. The van der Waals surface area contributed by atoms with Crippen molar-refractivity contribution in [1.82, 2.24) is 9.88 Å². The monoisotopic (exact) mass is 686 g/mol. The number of hydrogen-bond acceptors (Lipinski definition) is 5. The first-order chi connectivity index (χ1) is 17.0. The Hall–Kier alpha value is -1.46. The van der Waals surface area contributed by atoms with Gasteiger partial charge in [0.1, 0.15) is 22.4 Å². The lowest BCUT2D eigenvalue weighted by molar-refractivity contribution is 0.0259. The zero-order chi connectivity index (χ0) is 26.1. The van der Waals surface area contributed by atoms with Crippen LogP contribution >= 0.6 is 50.3 Å². The number of amides is 1. The van der Waals surface area contributed by atoms with E-state index in [1.165, 1.54) is 4.90 Å². The molecule has 1 aromatic carbocycles. The second kappa shape index (κ2) is 11.1. The topological polar surface area (TPSA) is 71.9 Å². The molecule has 0 saturated carbocycles. The van der Waals surface area contributed by atoms with Gasteiger partial charge in [0.05, 0.1) is 24.2 Å². The van der Waals surface area contributed by atoms with Crippen molar-refractivity contribution in [3.05, 3.63) is 44.5 Å². The van der Waals surface area contributed by atoms with Crippen LogP contribution in [0.1, 0.15) is 40.5 Å². The van der Waals surface area contributed by atoms with E-state index < -0.39 is 6.09 Å². The van der Waals surface area contributed by atoms with Crippen molar-refractivity contribution in [2.24, 2.45) is 10.8 Å². The molecule has 2 aliphatic rings. The second-order valence-electron chi connectivity index (χ2n) is 10.2. The van der Waals surface area contributed by atoms with E-state index in [9.17, 15) is 9.90 Å². The summed E-state index contributed by atoms with van der Waals surface area (Å²) in [6, 6.07) is 4.01. The molecule has 9 heteroatoms. The molecular formula is C27H32BrIN2O4S. The Morgan fingerprint density at radius 2 is 2.08 bits per heavy atom. The molecule has 1 amide bonds. The molecule has 36 heavy (non-hydrogen) atoms. The third-order valence-corrected chi connectivity index (χ3v) is 10.2. The molecule has 1 aromatic heterocycles. The van der Waals surface area contributed by atoms with Crippen LogP contribution in [0.25, 0.3) is 10.9 Å². The smallest absolute Gasteiger partial charge is 0.407 e. The van der Waals surface area contributed by atoms with Crippen molar-refractivity contribution in [3.8, 4) is 11.5 Å². The fraction of sp³-hybridized carbons (Fsp3) is 0.481. The number of rotatable bonds is 8. The first-order valence-electron chi connectivity index (χ1n) is 12.1. The fourth-order valence-corrected chi connectivity index (χ4v) is 6.26. The number of ether oxygens (including phenoxy) is 2. The average Bonchev–Trinajstić information content (AvgIpc) is 2.79. The Balaban J connectivity index is 1.65. The fourth-order valence-electron chi connectivity index (χ4n) is 4.64. The van der Waals surface area contributed by atoms with Gasteiger partial charge < -0.3 is 19.5 Å². The van der Waals surface area contributed by atoms with Crippen molar-refractivity contribution in [2.45, 2.75) is 51.7 Å². The number of halogens is 2. The molecule has 0 bridgehead atoms. The third-order valence-electron chi connectivity index (χ3n) is 7.03. The first kappa shape index (κ1) is 27.6. The lowest BCUT2D eigenvalue weighted by Gasteiger charge is -2.43. The van der Waals surface area contributed by atoms with E-state index >= 15 is 0 Å². The van der Waals surface area contributed by atoms with Crippen LogP contribution in [-0.4, -0.2) is 52.6 Å². The van der Waals surface area contributed by atoms with E-state index in [1.54, 1.807) is 11.8 Å². The summed E-state index contributed by atoms with van der Waals surface area (Å²) in [5.74, 6) is 2.32. The summed E-state index contributed by atoms with van der Waals surface area (Å²) >= 11 is 7.69. The van der Waals surface area contributed by atoms with Crippen LogP contribution < -0.4 is 9.47 Å². The Labute approximate surface area is 239 Å². The maximum Gasteiger partial charge on any atom is 0.407 e. The van der Waals surface area contributed by atoms with E-state index in [2.05, 4.69) is 96.6 Å². The van der Waals surface area contributed by atoms with Crippen LogP contribution in [-0.2, 0) is 0 Å². The molecule has 0 radical (unpaired) electrons. The highest BCUT2D eigenvalue weighted by atomic mass is 127. The molecule has 194 valence electrons. The van der Waals surface area contributed by atoms with Crippen LogP contribution in [0.3, 0.4) is 0 Å². The van der Waals surface area contributed by atoms with Gasteiger partial charge in [-0.15, -0.1) is 11.8 Å². The number of nitrogens with zero attached hydrogens (tertiary/aromatic N) is 2. The Bertz CT molecular complexity index is 1210. The first-order valence-corrected chi connectivity index (χ1v) is 15.0. The Kier molecular flexibility index (Phi) is 8.51. The van der Waals surface area contributed by atoms with Crippen molar-refractivity contribution < 1.29 is 19.4 Å². The molecule has 1 atom stereocenters. The number of benzene rings is 1. The molecule has 1 aliphatic heterocycles. The minimum absolute atomic E-state index is 0.0249. The Morgan fingerprint density at radius 1 is 1.33 bits per heavy atom.